The minimum atomic E-state index is -4.73. The fraction of sp³-hybridized carbons (Fsp3) is 0.125. The Hall–Kier alpha value is -4.14. The van der Waals surface area contributed by atoms with Crippen molar-refractivity contribution < 1.29 is 27.2 Å². The number of aromatic nitrogens is 2. The average Bonchev–Trinajstić information content (AvgIpc) is 3.42. The van der Waals surface area contributed by atoms with Gasteiger partial charge in [-0.05, 0) is 29.8 Å². The first-order chi connectivity index (χ1) is 15.9. The van der Waals surface area contributed by atoms with Crippen LogP contribution >= 0.6 is 0 Å². The van der Waals surface area contributed by atoms with Gasteiger partial charge in [0, 0.05) is 23.2 Å². The molecule has 0 aliphatic carbocycles. The summed E-state index contributed by atoms with van der Waals surface area (Å²) < 4.78 is 48.6. The Morgan fingerprint density at radius 2 is 1.76 bits per heavy atom. The van der Waals surface area contributed by atoms with Gasteiger partial charge < -0.3 is 14.2 Å². The zero-order valence-electron chi connectivity index (χ0n) is 17.0. The van der Waals surface area contributed by atoms with E-state index in [9.17, 15) is 18.0 Å². The van der Waals surface area contributed by atoms with Crippen LogP contribution in [0.5, 0.6) is 11.5 Å². The summed E-state index contributed by atoms with van der Waals surface area (Å²) in [7, 11) is 0. The van der Waals surface area contributed by atoms with Crippen molar-refractivity contribution in [1.29, 1.82) is 0 Å². The van der Waals surface area contributed by atoms with E-state index in [1.807, 2.05) is 54.6 Å². The molecule has 4 aromatic rings. The number of fused-ring (bicyclic) bond motifs is 1. The second kappa shape index (κ2) is 8.09. The van der Waals surface area contributed by atoms with Gasteiger partial charge in [0.25, 0.3) is 5.91 Å². The summed E-state index contributed by atoms with van der Waals surface area (Å²) in [5.74, 6) is -0.566. The number of carbonyl (C=O) groups is 1. The smallest absolute Gasteiger partial charge is 0.457 e. The molecule has 0 fully saturated rings. The minimum absolute atomic E-state index is 0.224. The lowest BCUT2D eigenvalue weighted by molar-refractivity contribution is -0.159. The number of hydrogen-bond acceptors (Lipinski definition) is 5. The van der Waals surface area contributed by atoms with Crippen molar-refractivity contribution in [3.8, 4) is 22.9 Å². The first-order valence-electron chi connectivity index (χ1n) is 10.0. The number of halogens is 3. The summed E-state index contributed by atoms with van der Waals surface area (Å²) in [4.78, 5) is 18.1. The number of carbonyl (C=O) groups excluding carboxylic acids is 1. The van der Waals surface area contributed by atoms with Gasteiger partial charge in [-0.2, -0.15) is 18.2 Å². The van der Waals surface area contributed by atoms with Crippen LogP contribution in [0, 0.1) is 0 Å². The fourth-order valence-electron chi connectivity index (χ4n) is 3.64. The first-order valence-corrected chi connectivity index (χ1v) is 10.0. The highest BCUT2D eigenvalue weighted by Crippen LogP contribution is 2.33. The second-order valence-corrected chi connectivity index (χ2v) is 7.48. The standard InChI is InChI=1S/C24H16F3N3O3/c25-24(26,27)23-28-21(29-33-23)15-10-11-16-13-30(22(31)19(16)12-15)14-17-6-4-5-9-20(17)32-18-7-2-1-3-8-18/h1-12H,13-14H2. The van der Waals surface area contributed by atoms with Crippen LogP contribution in [0.4, 0.5) is 13.2 Å². The van der Waals surface area contributed by atoms with Crippen LogP contribution in [-0.4, -0.2) is 20.9 Å². The second-order valence-electron chi connectivity index (χ2n) is 7.48. The Morgan fingerprint density at radius 3 is 2.52 bits per heavy atom. The number of amides is 1. The van der Waals surface area contributed by atoms with Crippen molar-refractivity contribution >= 4 is 5.91 Å². The number of nitrogens with zero attached hydrogens (tertiary/aromatic N) is 3. The molecule has 0 unspecified atom stereocenters. The molecule has 0 saturated heterocycles. The van der Waals surface area contributed by atoms with Gasteiger partial charge >= 0.3 is 12.1 Å². The van der Waals surface area contributed by atoms with Gasteiger partial charge in [0.15, 0.2) is 0 Å². The molecule has 1 aliphatic heterocycles. The monoisotopic (exact) mass is 451 g/mol. The molecular weight excluding hydrogens is 435 g/mol. The zero-order chi connectivity index (χ0) is 23.0. The molecule has 0 bridgehead atoms. The SMILES string of the molecule is O=C1c2cc(-c3noc(C(F)(F)F)n3)ccc2CN1Cc1ccccc1Oc1ccccc1. The molecule has 0 radical (unpaired) electrons. The number of hydrogen-bond donors (Lipinski definition) is 0. The highest BCUT2D eigenvalue weighted by Gasteiger charge is 2.38. The number of ether oxygens (including phenoxy) is 1. The molecule has 0 saturated carbocycles. The number of para-hydroxylation sites is 2. The summed E-state index contributed by atoms with van der Waals surface area (Å²) in [5.41, 5.74) is 2.27. The van der Waals surface area contributed by atoms with Crippen LogP contribution in [0.2, 0.25) is 0 Å². The number of benzene rings is 3. The number of rotatable bonds is 5. The maximum Gasteiger partial charge on any atom is 0.471 e. The Bertz CT molecular complexity index is 1320. The fourth-order valence-corrected chi connectivity index (χ4v) is 3.64. The molecule has 1 aliphatic rings. The summed E-state index contributed by atoms with van der Waals surface area (Å²) in [6, 6.07) is 21.5. The summed E-state index contributed by atoms with van der Waals surface area (Å²) >= 11 is 0. The van der Waals surface area contributed by atoms with E-state index in [0.29, 0.717) is 30.2 Å². The molecule has 0 N–H and O–H groups in total. The topological polar surface area (TPSA) is 68.5 Å². The lowest BCUT2D eigenvalue weighted by Gasteiger charge is -2.18. The van der Waals surface area contributed by atoms with Crippen LogP contribution in [-0.2, 0) is 19.3 Å². The van der Waals surface area contributed by atoms with Gasteiger partial charge in [0.2, 0.25) is 5.82 Å². The molecular formula is C24H16F3N3O3. The van der Waals surface area contributed by atoms with Crippen LogP contribution in [0.1, 0.15) is 27.4 Å². The molecule has 0 spiro atoms. The first kappa shape index (κ1) is 20.7. The lowest BCUT2D eigenvalue weighted by Crippen LogP contribution is -2.23. The Balaban J connectivity index is 1.37. The van der Waals surface area contributed by atoms with Crippen molar-refractivity contribution in [3.63, 3.8) is 0 Å². The van der Waals surface area contributed by atoms with E-state index in [1.54, 1.807) is 17.0 Å². The van der Waals surface area contributed by atoms with E-state index in [4.69, 9.17) is 4.74 Å². The van der Waals surface area contributed by atoms with Gasteiger partial charge in [-0.25, -0.2) is 0 Å². The minimum Gasteiger partial charge on any atom is -0.457 e. The van der Waals surface area contributed by atoms with E-state index in [0.717, 1.165) is 11.1 Å². The van der Waals surface area contributed by atoms with Gasteiger partial charge in [-0.1, -0.05) is 53.7 Å². The van der Waals surface area contributed by atoms with Crippen molar-refractivity contribution in [3.05, 3.63) is 95.4 Å². The van der Waals surface area contributed by atoms with E-state index >= 15 is 0 Å². The molecule has 3 aromatic carbocycles. The predicted octanol–water partition coefficient (Wildman–Crippen LogP) is 5.70. The summed E-state index contributed by atoms with van der Waals surface area (Å²) in [6.07, 6.45) is -4.73. The Morgan fingerprint density at radius 1 is 1.00 bits per heavy atom. The Labute approximate surface area is 186 Å². The predicted molar refractivity (Wildman–Crippen MR) is 111 cm³/mol. The molecule has 1 amide bonds. The maximum atomic E-state index is 13.1. The highest BCUT2D eigenvalue weighted by atomic mass is 19.4. The average molecular weight is 451 g/mol. The normalized spacial score (nSPS) is 13.3. The van der Waals surface area contributed by atoms with E-state index in [1.165, 1.54) is 6.07 Å². The molecule has 166 valence electrons. The summed E-state index contributed by atoms with van der Waals surface area (Å²) in [6.45, 7) is 0.681. The molecule has 1 aromatic heterocycles. The van der Waals surface area contributed by atoms with Crippen LogP contribution in [0.25, 0.3) is 11.4 Å². The van der Waals surface area contributed by atoms with Crippen LogP contribution in [0.15, 0.2) is 77.3 Å². The van der Waals surface area contributed by atoms with Crippen LogP contribution < -0.4 is 4.74 Å². The van der Waals surface area contributed by atoms with E-state index < -0.39 is 12.1 Å². The van der Waals surface area contributed by atoms with Gasteiger partial charge in [0.1, 0.15) is 11.5 Å². The van der Waals surface area contributed by atoms with Crippen molar-refractivity contribution in [1.82, 2.24) is 15.0 Å². The van der Waals surface area contributed by atoms with Crippen molar-refractivity contribution in [2.75, 3.05) is 0 Å². The highest BCUT2D eigenvalue weighted by molar-refractivity contribution is 5.99. The van der Waals surface area contributed by atoms with Gasteiger partial charge in [-0.3, -0.25) is 4.79 Å². The van der Waals surface area contributed by atoms with Crippen LogP contribution in [0.3, 0.4) is 0 Å². The quantitative estimate of drug-likeness (QED) is 0.389. The molecule has 9 heteroatoms. The van der Waals surface area contributed by atoms with E-state index in [-0.39, 0.29) is 17.3 Å². The van der Waals surface area contributed by atoms with Crippen molar-refractivity contribution in [2.24, 2.45) is 0 Å². The van der Waals surface area contributed by atoms with Gasteiger partial charge in [0.05, 0.1) is 6.54 Å². The molecule has 5 rings (SSSR count). The third-order valence-corrected chi connectivity index (χ3v) is 5.22. The maximum absolute atomic E-state index is 13.1. The zero-order valence-corrected chi connectivity index (χ0v) is 17.0. The summed E-state index contributed by atoms with van der Waals surface area (Å²) in [5, 5.41) is 3.39. The largest absolute Gasteiger partial charge is 0.471 e. The third-order valence-electron chi connectivity index (χ3n) is 5.22. The lowest BCUT2D eigenvalue weighted by atomic mass is 10.1. The van der Waals surface area contributed by atoms with Crippen molar-refractivity contribution in [2.45, 2.75) is 19.3 Å². The molecule has 2 heterocycles. The molecule has 6 nitrogen and oxygen atoms in total. The molecule has 33 heavy (non-hydrogen) atoms. The number of alkyl halides is 3. The Kier molecular flexibility index (Phi) is 5.08. The molecule has 0 atom stereocenters. The van der Waals surface area contributed by atoms with E-state index in [2.05, 4.69) is 14.7 Å². The third kappa shape index (κ3) is 4.17. The van der Waals surface area contributed by atoms with Gasteiger partial charge in [-0.15, -0.1) is 0 Å².